The van der Waals surface area contributed by atoms with Gasteiger partial charge in [0.1, 0.15) is 0 Å². The summed E-state index contributed by atoms with van der Waals surface area (Å²) in [5, 5.41) is 0. The number of nitrogens with zero attached hydrogens (tertiary/aromatic N) is 4. The van der Waals surface area contributed by atoms with Crippen LogP contribution in [0.15, 0.2) is 84.9 Å². The number of benzene rings is 4. The van der Waals surface area contributed by atoms with E-state index in [4.69, 9.17) is 0 Å². The van der Waals surface area contributed by atoms with Gasteiger partial charge in [0.25, 0.3) is 0 Å². The fourth-order valence-electron chi connectivity index (χ4n) is 8.61. The van der Waals surface area contributed by atoms with Crippen LogP contribution in [0.3, 0.4) is 0 Å². The molecule has 4 heterocycles. The van der Waals surface area contributed by atoms with Crippen LogP contribution in [0.1, 0.15) is 89.5 Å². The Hall–Kier alpha value is -3.49. The van der Waals surface area contributed by atoms with Crippen LogP contribution in [0.25, 0.3) is 0 Å². The molecule has 46 heavy (non-hydrogen) atoms. The van der Waals surface area contributed by atoms with E-state index in [1.165, 1.54) is 79.0 Å². The second-order valence-corrected chi connectivity index (χ2v) is 17.7. The van der Waals surface area contributed by atoms with Crippen molar-refractivity contribution in [2.45, 2.75) is 95.8 Å². The van der Waals surface area contributed by atoms with E-state index in [9.17, 15) is 0 Å². The average Bonchev–Trinajstić information content (AvgIpc) is 3.53. The molecule has 2 atom stereocenters. The standard InChI is InChI=1S/C41H42N4.Pt/c1-39(2)29-15-13-17-31(25-29)40(3,4)44-27-42(35-21-9-11-23-37(35)44)33-19-7-8-20-34(33)43-28-45(38-24-12-10-22-36(38)43)41(5,6)32-18-14-16-30(39)26-32;/h9-18,21-24,33-34H,7-8,19-20H2,1-6H3;/q-2;. The van der Waals surface area contributed by atoms with E-state index in [1.54, 1.807) is 0 Å². The predicted octanol–water partition coefficient (Wildman–Crippen LogP) is 8.33. The van der Waals surface area contributed by atoms with E-state index in [2.05, 4.69) is 158 Å². The Morgan fingerprint density at radius 2 is 0.913 bits per heavy atom. The molecule has 1 aliphatic carbocycles. The van der Waals surface area contributed by atoms with E-state index in [0.29, 0.717) is 12.1 Å². The summed E-state index contributed by atoms with van der Waals surface area (Å²) in [6.07, 6.45) is 4.98. The molecule has 0 saturated heterocycles. The molecule has 5 heteroatoms. The van der Waals surface area contributed by atoms with Gasteiger partial charge >= 0.3 is 283 Å². The molecule has 0 N–H and O–H groups in total. The Kier molecular flexibility index (Phi) is 6.10. The second-order valence-electron chi connectivity index (χ2n) is 15.1. The van der Waals surface area contributed by atoms with Gasteiger partial charge in [0.15, 0.2) is 0 Å². The quantitative estimate of drug-likeness (QED) is 0.166. The topological polar surface area (TPSA) is 13.0 Å². The van der Waals surface area contributed by atoms with E-state index >= 15 is 0 Å². The number of anilines is 4. The minimum atomic E-state index is -0.650. The third-order valence-corrected chi connectivity index (χ3v) is 14.5. The van der Waals surface area contributed by atoms with Crippen LogP contribution in [0, 0.1) is 12.1 Å². The van der Waals surface area contributed by atoms with E-state index in [0.717, 1.165) is 0 Å². The Balaban J connectivity index is 1.43. The van der Waals surface area contributed by atoms with Crippen molar-refractivity contribution < 1.29 is 17.6 Å². The maximum absolute atomic E-state index is 4.00. The van der Waals surface area contributed by atoms with Gasteiger partial charge in [-0.2, -0.15) is 0 Å². The van der Waals surface area contributed by atoms with Gasteiger partial charge < -0.3 is 0 Å². The third kappa shape index (κ3) is 3.77. The molecular formula is C41H42N4Pt-2. The molecule has 5 aliphatic rings. The average molecular weight is 786 g/mol. The summed E-state index contributed by atoms with van der Waals surface area (Å²) in [7, 11) is 0. The van der Waals surface area contributed by atoms with Gasteiger partial charge in [0.05, 0.1) is 0 Å². The van der Waals surface area contributed by atoms with Crippen LogP contribution in [0.4, 0.5) is 22.7 Å². The molecule has 0 aromatic heterocycles. The van der Waals surface area contributed by atoms with Crippen LogP contribution in [0.2, 0.25) is 0 Å². The zero-order valence-electron chi connectivity index (χ0n) is 27.7. The Bertz CT molecular complexity index is 1840. The summed E-state index contributed by atoms with van der Waals surface area (Å²) >= 11 is -0.650. The summed E-state index contributed by atoms with van der Waals surface area (Å²) in [4.78, 5) is 11.1. The first-order chi connectivity index (χ1) is 22.1. The van der Waals surface area contributed by atoms with Gasteiger partial charge in [0, 0.05) is 0 Å². The molecule has 4 aliphatic heterocycles. The van der Waals surface area contributed by atoms with Crippen LogP contribution in [-0.2, 0) is 34.1 Å². The van der Waals surface area contributed by atoms with E-state index in [-0.39, 0.29) is 16.5 Å². The SMILES string of the molecule is CC1(C)c2[c-]c(ccc2)C(C)(C)N2[C]3=[Pt]=[C]4N(c5ccccc5N4C(C)(C)c4[c-]c1ccc4)C1CCCCC1N3c1ccccc12. The Morgan fingerprint density at radius 1 is 0.522 bits per heavy atom. The predicted molar refractivity (Wildman–Crippen MR) is 188 cm³/mol. The molecule has 2 unspecified atom stereocenters. The molecule has 6 bridgehead atoms. The third-order valence-electron chi connectivity index (χ3n) is 11.3. The molecule has 1 fully saturated rings. The normalized spacial score (nSPS) is 24.7. The molecular weight excluding hydrogens is 744 g/mol. The van der Waals surface area contributed by atoms with Crippen molar-refractivity contribution in [2.24, 2.45) is 0 Å². The van der Waals surface area contributed by atoms with E-state index < -0.39 is 17.6 Å². The molecule has 4 aromatic carbocycles. The summed E-state index contributed by atoms with van der Waals surface area (Å²) < 4.78 is 3.00. The number of para-hydroxylation sites is 4. The first kappa shape index (κ1) is 28.7. The van der Waals surface area contributed by atoms with Crippen molar-refractivity contribution >= 4 is 31.0 Å². The molecule has 4 aromatic rings. The zero-order valence-corrected chi connectivity index (χ0v) is 29.9. The Labute approximate surface area is 282 Å². The number of rotatable bonds is 0. The first-order valence-electron chi connectivity index (χ1n) is 16.9. The Morgan fingerprint density at radius 3 is 1.35 bits per heavy atom. The van der Waals surface area contributed by atoms with Crippen molar-refractivity contribution in [3.63, 3.8) is 0 Å². The van der Waals surface area contributed by atoms with Gasteiger partial charge in [-0.3, -0.25) is 0 Å². The molecule has 1 saturated carbocycles. The summed E-state index contributed by atoms with van der Waals surface area (Å²) in [5.74, 6) is 0. The molecule has 0 spiro atoms. The molecule has 238 valence electrons. The van der Waals surface area contributed by atoms with Gasteiger partial charge in [-0.25, -0.2) is 0 Å². The maximum atomic E-state index is 4.00. The minimum absolute atomic E-state index is 0.263. The number of hydrogen-bond acceptors (Lipinski definition) is 4. The van der Waals surface area contributed by atoms with Crippen molar-refractivity contribution in [3.05, 3.63) is 119 Å². The molecule has 0 amide bonds. The van der Waals surface area contributed by atoms with Crippen LogP contribution < -0.4 is 19.6 Å². The summed E-state index contributed by atoms with van der Waals surface area (Å²) in [5.41, 5.74) is 9.44. The van der Waals surface area contributed by atoms with Crippen molar-refractivity contribution in [1.29, 1.82) is 0 Å². The number of hydrogen-bond donors (Lipinski definition) is 0. The van der Waals surface area contributed by atoms with Crippen molar-refractivity contribution in [2.75, 3.05) is 19.6 Å². The summed E-state index contributed by atoms with van der Waals surface area (Å²) in [6.45, 7) is 14.3. The van der Waals surface area contributed by atoms with Crippen LogP contribution in [-0.4, -0.2) is 20.4 Å². The van der Waals surface area contributed by atoms with Crippen molar-refractivity contribution in [3.8, 4) is 0 Å². The summed E-state index contributed by atoms with van der Waals surface area (Å²) in [6, 6.07) is 40.9. The van der Waals surface area contributed by atoms with Crippen LogP contribution >= 0.6 is 0 Å². The van der Waals surface area contributed by atoms with Gasteiger partial charge in [-0.05, 0) is 0 Å². The fourth-order valence-corrected chi connectivity index (χ4v) is 13.2. The monoisotopic (exact) mass is 785 g/mol. The molecule has 9 rings (SSSR count). The van der Waals surface area contributed by atoms with Gasteiger partial charge in [-0.1, -0.05) is 0 Å². The van der Waals surface area contributed by atoms with Crippen molar-refractivity contribution in [1.82, 2.24) is 0 Å². The van der Waals surface area contributed by atoms with Gasteiger partial charge in [0.2, 0.25) is 0 Å². The molecule has 0 radical (unpaired) electrons. The van der Waals surface area contributed by atoms with E-state index in [1.807, 2.05) is 0 Å². The van der Waals surface area contributed by atoms with Crippen LogP contribution in [0.5, 0.6) is 0 Å². The fraction of sp³-hybridized carbons (Fsp3) is 0.366. The zero-order chi connectivity index (χ0) is 31.6. The second kappa shape index (κ2) is 9.77. The first-order valence-corrected chi connectivity index (χ1v) is 19.1. The number of fused-ring (bicyclic) bond motifs is 13. The van der Waals surface area contributed by atoms with Gasteiger partial charge in [-0.15, -0.1) is 0 Å². The molecule has 4 nitrogen and oxygen atoms in total.